The maximum atomic E-state index is 4.94. The van der Waals surface area contributed by atoms with Crippen molar-refractivity contribution in [2.24, 2.45) is 0 Å². The monoisotopic (exact) mass is 795 g/mol. The van der Waals surface area contributed by atoms with Gasteiger partial charge >= 0.3 is 0 Å². The molecule has 4 aromatic rings. The Morgan fingerprint density at radius 3 is 0.909 bits per heavy atom. The lowest BCUT2D eigenvalue weighted by Gasteiger charge is -2.11. The zero-order chi connectivity index (χ0) is 38.9. The minimum atomic E-state index is 1.00. The van der Waals surface area contributed by atoms with E-state index in [4.69, 9.17) is 4.74 Å². The molecule has 4 saturated heterocycles. The topological polar surface area (TPSA) is 71.3 Å². The molecule has 3 aromatic heterocycles. The lowest BCUT2D eigenvalue weighted by atomic mass is 10.0. The molecular formula is C47H78N4O2S2. The first kappa shape index (κ1) is 50.6. The fourth-order valence-corrected chi connectivity index (χ4v) is 7.00. The summed E-state index contributed by atoms with van der Waals surface area (Å²) >= 11 is 3.79. The van der Waals surface area contributed by atoms with Crippen LogP contribution in [0, 0.1) is 0 Å². The van der Waals surface area contributed by atoms with E-state index in [0.717, 1.165) is 39.4 Å². The lowest BCUT2D eigenvalue weighted by Crippen LogP contribution is -2.39. The summed E-state index contributed by atoms with van der Waals surface area (Å²) in [5.74, 6) is 2.83. The normalized spacial score (nSPS) is 17.6. The highest BCUT2D eigenvalue weighted by molar-refractivity contribution is 7.99. The summed E-state index contributed by atoms with van der Waals surface area (Å²) in [5.41, 5.74) is 0. The van der Waals surface area contributed by atoms with E-state index in [1.807, 2.05) is 89.6 Å². The Bertz CT molecular complexity index is 845. The van der Waals surface area contributed by atoms with Crippen molar-refractivity contribution in [3.05, 3.63) is 115 Å². The summed E-state index contributed by atoms with van der Waals surface area (Å²) in [6.45, 7) is 9.06. The highest BCUT2D eigenvalue weighted by Crippen LogP contribution is 2.16. The molecule has 6 fully saturated rings. The van der Waals surface area contributed by atoms with Crippen molar-refractivity contribution in [3.8, 4) is 0 Å². The molecule has 1 aromatic carbocycles. The minimum absolute atomic E-state index is 1.00. The van der Waals surface area contributed by atoms with Gasteiger partial charge in [-0.25, -0.2) is 0 Å². The number of furan rings is 1. The SMILES string of the molecule is C1CCCC1.C1CCCCC1.C1CCNCC1.C1CCOC1.C1CCSC1.C1CNCCN1.c1ccccc1.c1ccncc1.c1ccoc1.c1ccsc1. The number of thioether (sulfide) groups is 1. The first-order chi connectivity index (χ1) is 27.5. The van der Waals surface area contributed by atoms with Crippen LogP contribution in [0.2, 0.25) is 0 Å². The van der Waals surface area contributed by atoms with E-state index in [1.165, 1.54) is 140 Å². The quantitative estimate of drug-likeness (QED) is 0.164. The number of nitrogens with one attached hydrogen (secondary N) is 3. The van der Waals surface area contributed by atoms with Crippen LogP contribution in [0.25, 0.3) is 0 Å². The van der Waals surface area contributed by atoms with Crippen LogP contribution in [-0.2, 0) is 4.74 Å². The van der Waals surface area contributed by atoms with Gasteiger partial charge in [-0.3, -0.25) is 4.98 Å². The maximum Gasteiger partial charge on any atom is 0.0902 e. The third-order valence-corrected chi connectivity index (χ3v) is 10.4. The zero-order valence-corrected chi connectivity index (χ0v) is 36.0. The van der Waals surface area contributed by atoms with Crippen LogP contribution in [-0.4, -0.2) is 69.0 Å². The van der Waals surface area contributed by atoms with Gasteiger partial charge in [-0.05, 0) is 98.1 Å². The first-order valence-electron chi connectivity index (χ1n) is 21.6. The van der Waals surface area contributed by atoms with Crippen LogP contribution in [0.15, 0.2) is 119 Å². The largest absolute Gasteiger partial charge is 0.473 e. The Morgan fingerprint density at radius 2 is 0.745 bits per heavy atom. The Hall–Kier alpha value is -2.46. The van der Waals surface area contributed by atoms with Crippen LogP contribution in [0.5, 0.6) is 0 Å². The molecule has 6 aliphatic rings. The van der Waals surface area contributed by atoms with E-state index in [9.17, 15) is 0 Å². The van der Waals surface area contributed by atoms with Gasteiger partial charge in [0.15, 0.2) is 0 Å². The number of ether oxygens (including phenoxy) is 1. The maximum absolute atomic E-state index is 4.94. The summed E-state index contributed by atoms with van der Waals surface area (Å²) < 4.78 is 9.53. The molecule has 7 heterocycles. The van der Waals surface area contributed by atoms with Crippen molar-refractivity contribution < 1.29 is 9.15 Å². The summed E-state index contributed by atoms with van der Waals surface area (Å²) in [6, 6.07) is 25.4. The second kappa shape index (κ2) is 47.7. The number of piperidine rings is 1. The fraction of sp³-hybridized carbons (Fsp3) is 0.596. The number of hydrogen-bond acceptors (Lipinski definition) is 8. The Labute approximate surface area is 345 Å². The van der Waals surface area contributed by atoms with Crippen molar-refractivity contribution in [3.63, 3.8) is 0 Å². The number of pyridine rings is 1. The second-order valence-electron chi connectivity index (χ2n) is 13.6. The average molecular weight is 795 g/mol. The third kappa shape index (κ3) is 45.8. The van der Waals surface area contributed by atoms with Gasteiger partial charge in [0.2, 0.25) is 0 Å². The average Bonchev–Trinajstić information content (AvgIpc) is 4.17. The molecule has 3 N–H and O–H groups in total. The van der Waals surface area contributed by atoms with Crippen molar-refractivity contribution in [1.29, 1.82) is 0 Å². The molecule has 4 aliphatic heterocycles. The predicted octanol–water partition coefficient (Wildman–Crippen LogP) is 12.3. The third-order valence-electron chi connectivity index (χ3n) is 8.65. The van der Waals surface area contributed by atoms with Gasteiger partial charge in [0.05, 0.1) is 12.5 Å². The molecule has 310 valence electrons. The van der Waals surface area contributed by atoms with Crippen LogP contribution >= 0.6 is 23.1 Å². The molecule has 6 nitrogen and oxygen atoms in total. The molecule has 2 aliphatic carbocycles. The van der Waals surface area contributed by atoms with Crippen LogP contribution in [0.3, 0.4) is 0 Å². The van der Waals surface area contributed by atoms with Gasteiger partial charge in [-0.2, -0.15) is 23.1 Å². The van der Waals surface area contributed by atoms with Crippen LogP contribution in [0.1, 0.15) is 116 Å². The molecular weight excluding hydrogens is 717 g/mol. The smallest absolute Gasteiger partial charge is 0.0902 e. The second-order valence-corrected chi connectivity index (χ2v) is 15.6. The van der Waals surface area contributed by atoms with Gasteiger partial charge < -0.3 is 25.1 Å². The number of nitrogens with zero attached hydrogens (tertiary/aromatic N) is 1. The molecule has 8 heteroatoms. The van der Waals surface area contributed by atoms with E-state index in [1.54, 1.807) is 36.3 Å². The van der Waals surface area contributed by atoms with Crippen molar-refractivity contribution in [1.82, 2.24) is 20.9 Å². The summed E-state index contributed by atoms with van der Waals surface area (Å²) in [4.78, 5) is 3.78. The highest BCUT2D eigenvalue weighted by Gasteiger charge is 1.97. The number of hydrogen-bond donors (Lipinski definition) is 3. The Balaban J connectivity index is 0.000000306. The van der Waals surface area contributed by atoms with E-state index in [-0.39, 0.29) is 0 Å². The summed E-state index contributed by atoms with van der Waals surface area (Å²) in [6.07, 6.45) is 32.9. The van der Waals surface area contributed by atoms with Gasteiger partial charge in [0, 0.05) is 51.8 Å². The minimum Gasteiger partial charge on any atom is -0.473 e. The fourth-order valence-electron chi connectivity index (χ4n) is 5.52. The Kier molecular flexibility index (Phi) is 43.8. The number of thiophene rings is 1. The number of benzene rings is 1. The van der Waals surface area contributed by atoms with E-state index in [2.05, 4.69) is 37.1 Å². The number of piperazine rings is 1. The van der Waals surface area contributed by atoms with E-state index in [0.29, 0.717) is 0 Å². The first-order valence-corrected chi connectivity index (χ1v) is 23.7. The van der Waals surface area contributed by atoms with Crippen molar-refractivity contribution in [2.45, 2.75) is 116 Å². The molecule has 0 spiro atoms. The molecule has 0 amide bonds. The van der Waals surface area contributed by atoms with E-state index >= 15 is 0 Å². The Morgan fingerprint density at radius 1 is 0.364 bits per heavy atom. The molecule has 2 saturated carbocycles. The van der Waals surface area contributed by atoms with Crippen molar-refractivity contribution in [2.75, 3.05) is 64.0 Å². The standard InChI is InChI=1S/C6H12.C6H6.C5H11N.C5H5N.C5H10.C4H10N2.C4H8O.C4H4O.C4H8S.C4H4S/c4*1-2-4-6-5-3-1;1-2-4-5-3-1;1-2-6-4-3-5-1;4*1-2-4-5-3-1/h1-6H2;1-6H;6H,1-5H2;1-5H;1-5H2;5-6H,1-4H2;1-4H2;1-4H;1-4H2;1-4H. The summed E-state index contributed by atoms with van der Waals surface area (Å²) in [5, 5.41) is 13.8. The molecule has 10 rings (SSSR count). The van der Waals surface area contributed by atoms with Crippen LogP contribution < -0.4 is 16.0 Å². The van der Waals surface area contributed by atoms with Gasteiger partial charge in [-0.1, -0.05) is 132 Å². The molecule has 0 unspecified atom stereocenters. The molecule has 55 heavy (non-hydrogen) atoms. The van der Waals surface area contributed by atoms with Gasteiger partial charge in [0.1, 0.15) is 0 Å². The van der Waals surface area contributed by atoms with Gasteiger partial charge in [-0.15, -0.1) is 0 Å². The van der Waals surface area contributed by atoms with Crippen molar-refractivity contribution >= 4 is 23.1 Å². The molecule has 0 atom stereocenters. The van der Waals surface area contributed by atoms with Crippen LogP contribution in [0.4, 0.5) is 0 Å². The van der Waals surface area contributed by atoms with E-state index < -0.39 is 0 Å². The molecule has 0 bridgehead atoms. The molecule has 0 radical (unpaired) electrons. The predicted molar refractivity (Wildman–Crippen MR) is 244 cm³/mol. The summed E-state index contributed by atoms with van der Waals surface area (Å²) in [7, 11) is 0. The lowest BCUT2D eigenvalue weighted by molar-refractivity contribution is 0.198. The highest BCUT2D eigenvalue weighted by atomic mass is 32.2. The van der Waals surface area contributed by atoms with Gasteiger partial charge in [0.25, 0.3) is 0 Å². The zero-order valence-electron chi connectivity index (χ0n) is 34.3. The number of rotatable bonds is 0. The number of aromatic nitrogens is 1.